The van der Waals surface area contributed by atoms with Gasteiger partial charge in [-0.25, -0.2) is 10.1 Å². The van der Waals surface area contributed by atoms with Crippen LogP contribution in [0.1, 0.15) is 17.3 Å². The Hall–Kier alpha value is -1.02. The van der Waals surface area contributed by atoms with Gasteiger partial charge >= 0.3 is 0 Å². The number of hydrogen-bond acceptors (Lipinski definition) is 5. The Morgan fingerprint density at radius 3 is 2.88 bits per heavy atom. The molecule has 0 saturated heterocycles. The first-order chi connectivity index (χ1) is 8.15. The molecule has 0 aliphatic rings. The largest absolute Gasteiger partial charge is 0.271 e. The molecule has 0 aliphatic heterocycles. The second kappa shape index (κ2) is 5.09. The summed E-state index contributed by atoms with van der Waals surface area (Å²) in [6, 6.07) is 1.49. The molecule has 8 heteroatoms. The first-order valence-electron chi connectivity index (χ1n) is 4.75. The van der Waals surface area contributed by atoms with Crippen molar-refractivity contribution in [3.63, 3.8) is 0 Å². The number of aromatic nitrogens is 4. The van der Waals surface area contributed by atoms with Crippen LogP contribution in [0.3, 0.4) is 0 Å². The van der Waals surface area contributed by atoms with Crippen molar-refractivity contribution in [2.45, 2.75) is 6.04 Å². The summed E-state index contributed by atoms with van der Waals surface area (Å²) in [4.78, 5) is 3.94. The molecule has 6 nitrogen and oxygen atoms in total. The third-order valence-electron chi connectivity index (χ3n) is 2.38. The maximum absolute atomic E-state index is 6.10. The quantitative estimate of drug-likeness (QED) is 0.656. The molecule has 0 spiro atoms. The van der Waals surface area contributed by atoms with E-state index in [1.54, 1.807) is 30.2 Å². The van der Waals surface area contributed by atoms with Gasteiger partial charge in [-0.3, -0.25) is 10.8 Å². The summed E-state index contributed by atoms with van der Waals surface area (Å²) in [6.45, 7) is 0. The monoisotopic (exact) mass is 316 g/mol. The SMILES string of the molecule is Cn1nnc(Br)c1C(NN)c1ccncc1Cl. The van der Waals surface area contributed by atoms with Gasteiger partial charge in [-0.05, 0) is 27.6 Å². The summed E-state index contributed by atoms with van der Waals surface area (Å²) < 4.78 is 2.25. The van der Waals surface area contributed by atoms with Crippen LogP contribution in [0.25, 0.3) is 0 Å². The number of hydrogen-bond donors (Lipinski definition) is 2. The Morgan fingerprint density at radius 1 is 1.59 bits per heavy atom. The molecule has 1 atom stereocenters. The number of nitrogens with zero attached hydrogens (tertiary/aromatic N) is 4. The van der Waals surface area contributed by atoms with Crippen LogP contribution in [0.2, 0.25) is 5.02 Å². The van der Waals surface area contributed by atoms with Gasteiger partial charge < -0.3 is 0 Å². The number of aryl methyl sites for hydroxylation is 1. The fourth-order valence-electron chi connectivity index (χ4n) is 1.58. The minimum absolute atomic E-state index is 0.306. The fraction of sp³-hybridized carbons (Fsp3) is 0.222. The molecule has 90 valence electrons. The number of halogens is 2. The van der Waals surface area contributed by atoms with Crippen molar-refractivity contribution in [3.05, 3.63) is 39.3 Å². The van der Waals surface area contributed by atoms with Crippen LogP contribution < -0.4 is 11.3 Å². The molecule has 0 aromatic carbocycles. The number of pyridine rings is 1. The predicted molar refractivity (Wildman–Crippen MR) is 67.1 cm³/mol. The van der Waals surface area contributed by atoms with E-state index < -0.39 is 0 Å². The Bertz CT molecular complexity index is 508. The highest BCUT2D eigenvalue weighted by Gasteiger charge is 2.22. The fourth-order valence-corrected chi connectivity index (χ4v) is 2.37. The number of rotatable bonds is 3. The van der Waals surface area contributed by atoms with Crippen LogP contribution in [0.15, 0.2) is 23.1 Å². The van der Waals surface area contributed by atoms with E-state index in [1.807, 2.05) is 0 Å². The first-order valence-corrected chi connectivity index (χ1v) is 5.93. The van der Waals surface area contributed by atoms with E-state index in [0.717, 1.165) is 11.3 Å². The van der Waals surface area contributed by atoms with Gasteiger partial charge in [0.05, 0.1) is 16.8 Å². The highest BCUT2D eigenvalue weighted by molar-refractivity contribution is 9.10. The molecule has 1 unspecified atom stereocenters. The van der Waals surface area contributed by atoms with Crippen molar-refractivity contribution in [1.82, 2.24) is 25.4 Å². The van der Waals surface area contributed by atoms with Crippen molar-refractivity contribution in [1.29, 1.82) is 0 Å². The minimum atomic E-state index is -0.306. The normalized spacial score (nSPS) is 12.7. The predicted octanol–water partition coefficient (Wildman–Crippen LogP) is 1.18. The van der Waals surface area contributed by atoms with Gasteiger partial charge in [-0.15, -0.1) is 5.10 Å². The molecule has 0 saturated carbocycles. The molecule has 0 fully saturated rings. The van der Waals surface area contributed by atoms with Crippen LogP contribution in [-0.2, 0) is 7.05 Å². The van der Waals surface area contributed by atoms with Gasteiger partial charge in [0.15, 0.2) is 4.60 Å². The lowest BCUT2D eigenvalue weighted by Gasteiger charge is -2.17. The molecule has 2 aromatic heterocycles. The summed E-state index contributed by atoms with van der Waals surface area (Å²) in [7, 11) is 1.78. The summed E-state index contributed by atoms with van der Waals surface area (Å²) in [6.07, 6.45) is 3.22. The average molecular weight is 318 g/mol. The lowest BCUT2D eigenvalue weighted by molar-refractivity contribution is 0.569. The molecule has 0 aliphatic carbocycles. The van der Waals surface area contributed by atoms with Crippen molar-refractivity contribution in [2.75, 3.05) is 0 Å². The van der Waals surface area contributed by atoms with E-state index in [-0.39, 0.29) is 6.04 Å². The van der Waals surface area contributed by atoms with Crippen molar-refractivity contribution in [3.8, 4) is 0 Å². The van der Waals surface area contributed by atoms with Crippen LogP contribution in [-0.4, -0.2) is 20.0 Å². The molecule has 0 amide bonds. The molecule has 0 radical (unpaired) electrons. The standard InChI is InChI=1S/C9H10BrClN6/c1-17-8(9(10)15-16-17)7(14-12)5-2-3-13-4-6(5)11/h2-4,7,14H,12H2,1H3. The van der Waals surface area contributed by atoms with E-state index in [9.17, 15) is 0 Å². The highest BCUT2D eigenvalue weighted by atomic mass is 79.9. The molecule has 2 aromatic rings. The zero-order chi connectivity index (χ0) is 12.4. The van der Waals surface area contributed by atoms with Crippen LogP contribution in [0.5, 0.6) is 0 Å². The van der Waals surface area contributed by atoms with E-state index in [1.165, 1.54) is 0 Å². The molecule has 0 bridgehead atoms. The Balaban J connectivity index is 2.52. The lowest BCUT2D eigenvalue weighted by atomic mass is 10.1. The maximum Gasteiger partial charge on any atom is 0.153 e. The van der Waals surface area contributed by atoms with E-state index >= 15 is 0 Å². The third-order valence-corrected chi connectivity index (χ3v) is 3.26. The first kappa shape index (κ1) is 12.4. The van der Waals surface area contributed by atoms with Crippen LogP contribution in [0.4, 0.5) is 0 Å². The molecule has 2 heterocycles. The topological polar surface area (TPSA) is 81.7 Å². The highest BCUT2D eigenvalue weighted by Crippen LogP contribution is 2.29. The Kier molecular flexibility index (Phi) is 3.72. The molecule has 17 heavy (non-hydrogen) atoms. The van der Waals surface area contributed by atoms with Crippen molar-refractivity contribution >= 4 is 27.5 Å². The summed E-state index contributed by atoms with van der Waals surface area (Å²) in [5.74, 6) is 5.58. The van der Waals surface area contributed by atoms with E-state index in [2.05, 4.69) is 36.7 Å². The lowest BCUT2D eigenvalue weighted by Crippen LogP contribution is -2.30. The Morgan fingerprint density at radius 2 is 2.35 bits per heavy atom. The summed E-state index contributed by atoms with van der Waals surface area (Å²) >= 11 is 9.43. The molecular weight excluding hydrogens is 307 g/mol. The zero-order valence-electron chi connectivity index (χ0n) is 8.93. The minimum Gasteiger partial charge on any atom is -0.271 e. The summed E-state index contributed by atoms with van der Waals surface area (Å²) in [5, 5.41) is 8.35. The van der Waals surface area contributed by atoms with Crippen LogP contribution in [0, 0.1) is 0 Å². The number of nitrogens with one attached hydrogen (secondary N) is 1. The van der Waals surface area contributed by atoms with Gasteiger partial charge in [0.1, 0.15) is 0 Å². The van der Waals surface area contributed by atoms with Crippen LogP contribution >= 0.6 is 27.5 Å². The number of nitrogens with two attached hydrogens (primary N) is 1. The molecular formula is C9H10BrClN6. The van der Waals surface area contributed by atoms with Gasteiger partial charge in [0, 0.05) is 19.4 Å². The maximum atomic E-state index is 6.10. The Labute approximate surface area is 111 Å². The second-order valence-corrected chi connectivity index (χ2v) is 4.54. The van der Waals surface area contributed by atoms with Gasteiger partial charge in [-0.2, -0.15) is 0 Å². The van der Waals surface area contributed by atoms with Gasteiger partial charge in [0.2, 0.25) is 0 Å². The van der Waals surface area contributed by atoms with E-state index in [0.29, 0.717) is 9.63 Å². The van der Waals surface area contributed by atoms with Gasteiger partial charge in [-0.1, -0.05) is 16.8 Å². The smallest absolute Gasteiger partial charge is 0.153 e. The van der Waals surface area contributed by atoms with Gasteiger partial charge in [0.25, 0.3) is 0 Å². The summed E-state index contributed by atoms with van der Waals surface area (Å²) in [5.41, 5.74) is 4.31. The second-order valence-electron chi connectivity index (χ2n) is 3.39. The zero-order valence-corrected chi connectivity index (χ0v) is 11.3. The number of hydrazine groups is 1. The van der Waals surface area contributed by atoms with E-state index in [4.69, 9.17) is 17.4 Å². The third kappa shape index (κ3) is 2.32. The molecule has 2 rings (SSSR count). The van der Waals surface area contributed by atoms with Crippen molar-refractivity contribution < 1.29 is 0 Å². The average Bonchev–Trinajstić information content (AvgIpc) is 2.64. The van der Waals surface area contributed by atoms with Crippen molar-refractivity contribution in [2.24, 2.45) is 12.9 Å². The molecule has 3 N–H and O–H groups in total.